The molecule has 1 N–H and O–H groups in total. The summed E-state index contributed by atoms with van der Waals surface area (Å²) >= 11 is 3.42. The van der Waals surface area contributed by atoms with Crippen molar-refractivity contribution < 1.29 is 4.39 Å². The molecule has 2 aromatic heterocycles. The van der Waals surface area contributed by atoms with E-state index in [1.807, 2.05) is 24.4 Å². The smallest absolute Gasteiger partial charge is 0.243 e. The zero-order valence-corrected chi connectivity index (χ0v) is 11.4. The van der Waals surface area contributed by atoms with Gasteiger partial charge in [0.1, 0.15) is 5.82 Å². The van der Waals surface area contributed by atoms with Crippen molar-refractivity contribution in [1.29, 1.82) is 0 Å². The summed E-state index contributed by atoms with van der Waals surface area (Å²) in [6.45, 7) is 0.478. The molecule has 0 aliphatic rings. The van der Waals surface area contributed by atoms with Crippen LogP contribution in [0.3, 0.4) is 0 Å². The van der Waals surface area contributed by atoms with Crippen LogP contribution in [0.5, 0.6) is 0 Å². The van der Waals surface area contributed by atoms with E-state index in [0.717, 1.165) is 15.7 Å². The molecule has 3 aromatic rings. The number of rotatable bonds is 3. The number of nitrogens with zero attached hydrogens (tertiary/aromatic N) is 3. The van der Waals surface area contributed by atoms with E-state index >= 15 is 0 Å². The molecule has 6 heteroatoms. The fraction of sp³-hybridized carbons (Fsp3) is 0.0769. The Hall–Kier alpha value is -1.95. The number of pyridine rings is 1. The number of benzene rings is 1. The summed E-state index contributed by atoms with van der Waals surface area (Å²) in [4.78, 5) is 4.35. The maximum atomic E-state index is 13.0. The highest BCUT2D eigenvalue weighted by Crippen LogP contribution is 2.17. The lowest BCUT2D eigenvalue weighted by atomic mass is 10.2. The largest absolute Gasteiger partial charge is 0.349 e. The molecule has 0 aliphatic heterocycles. The first kappa shape index (κ1) is 12.1. The van der Waals surface area contributed by atoms with Crippen LogP contribution in [-0.4, -0.2) is 14.6 Å². The van der Waals surface area contributed by atoms with Crippen molar-refractivity contribution in [2.75, 3.05) is 5.32 Å². The van der Waals surface area contributed by atoms with Crippen LogP contribution in [0.15, 0.2) is 47.1 Å². The zero-order valence-electron chi connectivity index (χ0n) is 9.85. The molecule has 0 saturated carbocycles. The highest BCUT2D eigenvalue weighted by molar-refractivity contribution is 9.10. The minimum atomic E-state index is -0.245. The monoisotopic (exact) mass is 320 g/mol. The van der Waals surface area contributed by atoms with E-state index in [-0.39, 0.29) is 5.82 Å². The first-order chi connectivity index (χ1) is 9.22. The average molecular weight is 321 g/mol. The SMILES string of the molecule is Fc1cccc(CNc2nc3c(Br)cccn3n2)c1. The molecule has 19 heavy (non-hydrogen) atoms. The van der Waals surface area contributed by atoms with Crippen molar-refractivity contribution in [3.05, 3.63) is 58.4 Å². The molecule has 0 spiro atoms. The quantitative estimate of drug-likeness (QED) is 0.805. The summed E-state index contributed by atoms with van der Waals surface area (Å²) in [6, 6.07) is 10.2. The third kappa shape index (κ3) is 2.58. The fourth-order valence-electron chi connectivity index (χ4n) is 1.78. The van der Waals surface area contributed by atoms with Crippen LogP contribution in [0.1, 0.15) is 5.56 Å². The van der Waals surface area contributed by atoms with E-state index in [1.165, 1.54) is 12.1 Å². The summed E-state index contributed by atoms with van der Waals surface area (Å²) < 4.78 is 15.6. The number of hydrogen-bond donors (Lipinski definition) is 1. The molecule has 0 amide bonds. The summed E-state index contributed by atoms with van der Waals surface area (Å²) in [6.07, 6.45) is 1.82. The summed E-state index contributed by atoms with van der Waals surface area (Å²) in [5.41, 5.74) is 1.59. The summed E-state index contributed by atoms with van der Waals surface area (Å²) in [7, 11) is 0. The second kappa shape index (κ2) is 4.97. The molecule has 4 nitrogen and oxygen atoms in total. The molecular formula is C13H10BrFN4. The Balaban J connectivity index is 1.80. The lowest BCUT2D eigenvalue weighted by Crippen LogP contribution is -2.01. The van der Waals surface area contributed by atoms with Gasteiger partial charge in [-0.05, 0) is 45.8 Å². The molecule has 3 rings (SSSR count). The Morgan fingerprint density at radius 1 is 1.26 bits per heavy atom. The van der Waals surface area contributed by atoms with Crippen molar-refractivity contribution in [3.8, 4) is 0 Å². The third-order valence-electron chi connectivity index (χ3n) is 2.65. The zero-order chi connectivity index (χ0) is 13.2. The van der Waals surface area contributed by atoms with Gasteiger partial charge < -0.3 is 5.32 Å². The number of fused-ring (bicyclic) bond motifs is 1. The Bertz CT molecular complexity index is 725. The normalized spacial score (nSPS) is 10.8. The molecule has 0 radical (unpaired) electrons. The topological polar surface area (TPSA) is 42.2 Å². The van der Waals surface area contributed by atoms with Gasteiger partial charge in [-0.15, -0.1) is 5.10 Å². The van der Waals surface area contributed by atoms with E-state index in [1.54, 1.807) is 10.6 Å². The van der Waals surface area contributed by atoms with Gasteiger partial charge in [0.25, 0.3) is 0 Å². The molecule has 0 aliphatic carbocycles. The Labute approximate surface area is 117 Å². The second-order valence-electron chi connectivity index (χ2n) is 4.04. The van der Waals surface area contributed by atoms with Crippen LogP contribution in [-0.2, 0) is 6.54 Å². The minimum absolute atomic E-state index is 0.245. The number of aromatic nitrogens is 3. The van der Waals surface area contributed by atoms with Gasteiger partial charge in [-0.3, -0.25) is 0 Å². The van der Waals surface area contributed by atoms with Gasteiger partial charge in [-0.2, -0.15) is 4.98 Å². The standard InChI is InChI=1S/C13H10BrFN4/c14-11-5-2-6-19-12(11)17-13(18-19)16-8-9-3-1-4-10(15)7-9/h1-7H,8H2,(H,16,18). The van der Waals surface area contributed by atoms with Gasteiger partial charge in [-0.25, -0.2) is 8.91 Å². The van der Waals surface area contributed by atoms with Crippen molar-refractivity contribution in [2.24, 2.45) is 0 Å². The third-order valence-corrected chi connectivity index (χ3v) is 3.27. The number of hydrogen-bond acceptors (Lipinski definition) is 3. The van der Waals surface area contributed by atoms with Crippen molar-refractivity contribution in [1.82, 2.24) is 14.6 Å². The summed E-state index contributed by atoms with van der Waals surface area (Å²) in [5.74, 6) is 0.265. The predicted octanol–water partition coefficient (Wildman–Crippen LogP) is 3.24. The average Bonchev–Trinajstić information content (AvgIpc) is 2.81. The maximum absolute atomic E-state index is 13.0. The fourth-order valence-corrected chi connectivity index (χ4v) is 2.20. The van der Waals surface area contributed by atoms with Gasteiger partial charge in [0.2, 0.25) is 5.95 Å². The molecule has 0 unspecified atom stereocenters. The molecule has 0 fully saturated rings. The molecule has 96 valence electrons. The van der Waals surface area contributed by atoms with Crippen LogP contribution >= 0.6 is 15.9 Å². The number of halogens is 2. The van der Waals surface area contributed by atoms with Crippen LogP contribution < -0.4 is 5.32 Å². The minimum Gasteiger partial charge on any atom is -0.349 e. The molecule has 0 saturated heterocycles. The van der Waals surface area contributed by atoms with E-state index in [9.17, 15) is 4.39 Å². The maximum Gasteiger partial charge on any atom is 0.243 e. The van der Waals surface area contributed by atoms with E-state index < -0.39 is 0 Å². The molecular weight excluding hydrogens is 311 g/mol. The molecule has 1 aromatic carbocycles. The highest BCUT2D eigenvalue weighted by atomic mass is 79.9. The van der Waals surface area contributed by atoms with E-state index in [2.05, 4.69) is 31.3 Å². The Morgan fingerprint density at radius 3 is 2.95 bits per heavy atom. The Kier molecular flexibility index (Phi) is 3.16. The number of anilines is 1. The lowest BCUT2D eigenvalue weighted by molar-refractivity contribution is 0.626. The highest BCUT2D eigenvalue weighted by Gasteiger charge is 2.05. The first-order valence-corrected chi connectivity index (χ1v) is 6.51. The Morgan fingerprint density at radius 2 is 2.16 bits per heavy atom. The number of nitrogens with one attached hydrogen (secondary N) is 1. The first-order valence-electron chi connectivity index (χ1n) is 5.71. The van der Waals surface area contributed by atoms with Crippen LogP contribution in [0.4, 0.5) is 10.3 Å². The van der Waals surface area contributed by atoms with Gasteiger partial charge >= 0.3 is 0 Å². The van der Waals surface area contributed by atoms with E-state index in [0.29, 0.717) is 12.5 Å². The van der Waals surface area contributed by atoms with Gasteiger partial charge in [-0.1, -0.05) is 12.1 Å². The second-order valence-corrected chi connectivity index (χ2v) is 4.90. The summed E-state index contributed by atoms with van der Waals surface area (Å²) in [5, 5.41) is 7.36. The van der Waals surface area contributed by atoms with Gasteiger partial charge in [0, 0.05) is 12.7 Å². The molecule has 0 bridgehead atoms. The van der Waals surface area contributed by atoms with Crippen molar-refractivity contribution in [3.63, 3.8) is 0 Å². The van der Waals surface area contributed by atoms with Gasteiger partial charge in [0.05, 0.1) is 4.47 Å². The van der Waals surface area contributed by atoms with E-state index in [4.69, 9.17) is 0 Å². The van der Waals surface area contributed by atoms with Crippen molar-refractivity contribution in [2.45, 2.75) is 6.54 Å². The molecule has 0 atom stereocenters. The van der Waals surface area contributed by atoms with Crippen LogP contribution in [0.25, 0.3) is 5.65 Å². The predicted molar refractivity (Wildman–Crippen MR) is 74.4 cm³/mol. The van der Waals surface area contributed by atoms with Crippen LogP contribution in [0.2, 0.25) is 0 Å². The lowest BCUT2D eigenvalue weighted by Gasteiger charge is -2.01. The molecule has 2 heterocycles. The van der Waals surface area contributed by atoms with Crippen LogP contribution in [0, 0.1) is 5.82 Å². The van der Waals surface area contributed by atoms with Crippen molar-refractivity contribution >= 4 is 27.5 Å². The van der Waals surface area contributed by atoms with Gasteiger partial charge in [0.15, 0.2) is 5.65 Å².